The Balaban J connectivity index is 1.55. The van der Waals surface area contributed by atoms with Gasteiger partial charge in [-0.3, -0.25) is 9.59 Å². The second-order valence-corrected chi connectivity index (χ2v) is 8.28. The fourth-order valence-electron chi connectivity index (χ4n) is 4.13. The monoisotopic (exact) mass is 487 g/mol. The lowest BCUT2D eigenvalue weighted by molar-refractivity contribution is 0.0526. The van der Waals surface area contributed by atoms with Crippen LogP contribution in [0, 0.1) is 0 Å². The van der Waals surface area contributed by atoms with Crippen molar-refractivity contribution in [2.45, 2.75) is 6.92 Å². The zero-order chi connectivity index (χ0) is 25.5. The molecule has 3 aromatic rings. The van der Waals surface area contributed by atoms with Gasteiger partial charge in [-0.25, -0.2) is 4.79 Å². The van der Waals surface area contributed by atoms with E-state index in [1.165, 1.54) is 0 Å². The number of anilines is 2. The van der Waals surface area contributed by atoms with Gasteiger partial charge in [0.2, 0.25) is 0 Å². The summed E-state index contributed by atoms with van der Waals surface area (Å²) in [4.78, 5) is 42.2. The van der Waals surface area contributed by atoms with Crippen LogP contribution >= 0.6 is 0 Å². The van der Waals surface area contributed by atoms with Gasteiger partial charge >= 0.3 is 5.97 Å². The van der Waals surface area contributed by atoms with E-state index in [0.29, 0.717) is 54.3 Å². The molecular formula is C28H29N3O5. The third-order valence-electron chi connectivity index (χ3n) is 6.02. The highest BCUT2D eigenvalue weighted by Crippen LogP contribution is 2.30. The van der Waals surface area contributed by atoms with Gasteiger partial charge in [-0.1, -0.05) is 24.3 Å². The van der Waals surface area contributed by atoms with Crippen LogP contribution in [0.5, 0.6) is 5.75 Å². The molecule has 8 nitrogen and oxygen atoms in total. The number of ether oxygens (including phenoxy) is 2. The number of carbonyl (C=O) groups excluding carboxylic acids is 3. The van der Waals surface area contributed by atoms with Gasteiger partial charge in [-0.15, -0.1) is 0 Å². The predicted molar refractivity (Wildman–Crippen MR) is 138 cm³/mol. The van der Waals surface area contributed by atoms with E-state index in [1.807, 2.05) is 41.3 Å². The molecule has 1 saturated heterocycles. The van der Waals surface area contributed by atoms with Crippen LogP contribution in [0.2, 0.25) is 0 Å². The number of methoxy groups -OCH3 is 1. The van der Waals surface area contributed by atoms with E-state index in [1.54, 1.807) is 50.4 Å². The fraction of sp³-hybridized carbons (Fsp3) is 0.250. The SMILES string of the molecule is CCOC(=O)c1ccc(N2CCN(C(=O)c3ccccc3)CC2)c(NC(=O)c2cccc(OC)c2)c1. The molecule has 0 saturated carbocycles. The Bertz CT molecular complexity index is 1240. The molecular weight excluding hydrogens is 458 g/mol. The lowest BCUT2D eigenvalue weighted by Gasteiger charge is -2.37. The Kier molecular flexibility index (Phi) is 7.85. The highest BCUT2D eigenvalue weighted by Gasteiger charge is 2.25. The van der Waals surface area contributed by atoms with Gasteiger partial charge in [0.15, 0.2) is 0 Å². The standard InChI is InChI=1S/C28H29N3O5/c1-3-36-28(34)22-12-13-25(24(19-22)29-26(32)21-10-7-11-23(18-21)35-2)30-14-16-31(17-15-30)27(33)20-8-5-4-6-9-20/h4-13,18-19H,3,14-17H2,1-2H3,(H,29,32). The van der Waals surface area contributed by atoms with Crippen LogP contribution in [0.25, 0.3) is 0 Å². The number of amides is 2. The Morgan fingerprint density at radius 2 is 1.56 bits per heavy atom. The number of hydrogen-bond donors (Lipinski definition) is 1. The summed E-state index contributed by atoms with van der Waals surface area (Å²) in [7, 11) is 1.54. The lowest BCUT2D eigenvalue weighted by atomic mass is 10.1. The minimum atomic E-state index is -0.459. The number of benzene rings is 3. The van der Waals surface area contributed by atoms with E-state index in [2.05, 4.69) is 10.2 Å². The molecule has 0 aliphatic carbocycles. The topological polar surface area (TPSA) is 88.2 Å². The first kappa shape index (κ1) is 24.8. The summed E-state index contributed by atoms with van der Waals surface area (Å²) in [5.74, 6) is -0.213. The number of hydrogen-bond acceptors (Lipinski definition) is 6. The van der Waals surface area contributed by atoms with Crippen molar-refractivity contribution in [1.82, 2.24) is 4.90 Å². The molecule has 8 heteroatoms. The molecule has 0 unspecified atom stereocenters. The van der Waals surface area contributed by atoms with Crippen LogP contribution in [0.1, 0.15) is 38.0 Å². The van der Waals surface area contributed by atoms with Crippen molar-refractivity contribution in [3.05, 3.63) is 89.5 Å². The van der Waals surface area contributed by atoms with E-state index >= 15 is 0 Å². The first-order chi connectivity index (χ1) is 17.5. The molecule has 4 rings (SSSR count). The number of nitrogens with one attached hydrogen (secondary N) is 1. The van der Waals surface area contributed by atoms with E-state index in [-0.39, 0.29) is 18.4 Å². The molecule has 1 aliphatic heterocycles. The summed E-state index contributed by atoms with van der Waals surface area (Å²) in [5.41, 5.74) is 2.71. The molecule has 0 spiro atoms. The Labute approximate surface area is 210 Å². The van der Waals surface area contributed by atoms with Gasteiger partial charge in [0.1, 0.15) is 5.75 Å². The summed E-state index contributed by atoms with van der Waals surface area (Å²) in [6, 6.07) is 21.2. The molecule has 1 N–H and O–H groups in total. The smallest absolute Gasteiger partial charge is 0.338 e. The third kappa shape index (κ3) is 5.66. The van der Waals surface area contributed by atoms with Crippen LogP contribution in [0.3, 0.4) is 0 Å². The molecule has 186 valence electrons. The maximum absolute atomic E-state index is 13.1. The average molecular weight is 488 g/mol. The lowest BCUT2D eigenvalue weighted by Crippen LogP contribution is -2.49. The largest absolute Gasteiger partial charge is 0.497 e. The van der Waals surface area contributed by atoms with E-state index in [4.69, 9.17) is 9.47 Å². The van der Waals surface area contributed by atoms with Gasteiger partial charge in [0.25, 0.3) is 11.8 Å². The van der Waals surface area contributed by atoms with Crippen molar-refractivity contribution in [1.29, 1.82) is 0 Å². The summed E-state index contributed by atoms with van der Waals surface area (Å²) in [5, 5.41) is 2.95. The highest BCUT2D eigenvalue weighted by molar-refractivity contribution is 6.07. The second-order valence-electron chi connectivity index (χ2n) is 8.28. The molecule has 0 radical (unpaired) electrons. The molecule has 1 aliphatic rings. The Hall–Kier alpha value is -4.33. The van der Waals surface area contributed by atoms with Crippen molar-refractivity contribution in [3.8, 4) is 5.75 Å². The molecule has 0 aromatic heterocycles. The number of rotatable bonds is 7. The summed E-state index contributed by atoms with van der Waals surface area (Å²) in [6.07, 6.45) is 0. The quantitative estimate of drug-likeness (QED) is 0.505. The van der Waals surface area contributed by atoms with Gasteiger partial charge in [0, 0.05) is 37.3 Å². The van der Waals surface area contributed by atoms with E-state index in [9.17, 15) is 14.4 Å². The molecule has 0 bridgehead atoms. The van der Waals surface area contributed by atoms with Crippen LogP contribution < -0.4 is 15.0 Å². The summed E-state index contributed by atoms with van der Waals surface area (Å²) < 4.78 is 10.4. The molecule has 1 fully saturated rings. The van der Waals surface area contributed by atoms with E-state index in [0.717, 1.165) is 5.69 Å². The third-order valence-corrected chi connectivity index (χ3v) is 6.02. The van der Waals surface area contributed by atoms with Gasteiger partial charge < -0.3 is 24.6 Å². The average Bonchev–Trinajstić information content (AvgIpc) is 2.93. The van der Waals surface area contributed by atoms with Gasteiger partial charge in [-0.05, 0) is 55.5 Å². The predicted octanol–water partition coefficient (Wildman–Crippen LogP) is 4.09. The molecule has 0 atom stereocenters. The first-order valence-electron chi connectivity index (χ1n) is 11.9. The number of esters is 1. The summed E-state index contributed by atoms with van der Waals surface area (Å²) in [6.45, 7) is 4.24. The van der Waals surface area contributed by atoms with Gasteiger partial charge in [-0.2, -0.15) is 0 Å². The molecule has 2 amide bonds. The fourth-order valence-corrected chi connectivity index (χ4v) is 4.13. The van der Waals surface area contributed by atoms with Crippen molar-refractivity contribution in [2.24, 2.45) is 0 Å². The minimum Gasteiger partial charge on any atom is -0.497 e. The first-order valence-corrected chi connectivity index (χ1v) is 11.9. The van der Waals surface area contributed by atoms with Crippen LogP contribution in [0.15, 0.2) is 72.8 Å². The zero-order valence-corrected chi connectivity index (χ0v) is 20.4. The van der Waals surface area contributed by atoms with E-state index < -0.39 is 5.97 Å². The van der Waals surface area contributed by atoms with Crippen LogP contribution in [-0.2, 0) is 4.74 Å². The Morgan fingerprint density at radius 3 is 2.25 bits per heavy atom. The zero-order valence-electron chi connectivity index (χ0n) is 20.4. The van der Waals surface area contributed by atoms with Crippen molar-refractivity contribution >= 4 is 29.2 Å². The van der Waals surface area contributed by atoms with Crippen LogP contribution in [-0.4, -0.2) is 62.6 Å². The molecule has 3 aromatic carbocycles. The van der Waals surface area contributed by atoms with Crippen molar-refractivity contribution in [2.75, 3.05) is 50.1 Å². The number of nitrogens with zero attached hydrogens (tertiary/aromatic N) is 2. The maximum atomic E-state index is 13.1. The van der Waals surface area contributed by atoms with Crippen LogP contribution in [0.4, 0.5) is 11.4 Å². The summed E-state index contributed by atoms with van der Waals surface area (Å²) >= 11 is 0. The second kappa shape index (κ2) is 11.4. The minimum absolute atomic E-state index is 0.000500. The number of piperazine rings is 1. The maximum Gasteiger partial charge on any atom is 0.338 e. The van der Waals surface area contributed by atoms with Crippen molar-refractivity contribution in [3.63, 3.8) is 0 Å². The number of carbonyl (C=O) groups is 3. The van der Waals surface area contributed by atoms with Crippen molar-refractivity contribution < 1.29 is 23.9 Å². The molecule has 1 heterocycles. The Morgan fingerprint density at radius 1 is 0.833 bits per heavy atom. The molecule has 36 heavy (non-hydrogen) atoms. The normalized spacial score (nSPS) is 13.2. The highest BCUT2D eigenvalue weighted by atomic mass is 16.5. The van der Waals surface area contributed by atoms with Gasteiger partial charge in [0.05, 0.1) is 30.7 Å².